The molecule has 0 fully saturated rings. The van der Waals surface area contributed by atoms with E-state index in [1.165, 1.54) is 6.26 Å². The maximum atomic E-state index is 12.6. The molecule has 0 aliphatic heterocycles. The number of furan rings is 1. The molecule has 0 radical (unpaired) electrons. The number of nitrogens with two attached hydrogens (primary N) is 1. The summed E-state index contributed by atoms with van der Waals surface area (Å²) >= 11 is 0. The van der Waals surface area contributed by atoms with E-state index >= 15 is 0 Å². The number of nitrogens with one attached hydrogen (secondary N) is 1. The van der Waals surface area contributed by atoms with Crippen molar-refractivity contribution in [1.82, 2.24) is 9.78 Å². The van der Waals surface area contributed by atoms with E-state index in [4.69, 9.17) is 15.2 Å². The molecule has 1 amide bonds. The van der Waals surface area contributed by atoms with Crippen LogP contribution < -0.4 is 11.1 Å². The number of hydrogen-bond acceptors (Lipinski definition) is 4. The molecule has 0 unspecified atom stereocenters. The molecule has 3 aromatic rings. The zero-order valence-electron chi connectivity index (χ0n) is 15.9. The fourth-order valence-electron chi connectivity index (χ4n) is 2.51. The highest BCUT2D eigenvalue weighted by Gasteiger charge is 2.22. The summed E-state index contributed by atoms with van der Waals surface area (Å²) in [6, 6.07) is 11.5. The van der Waals surface area contributed by atoms with E-state index < -0.39 is 0 Å². The summed E-state index contributed by atoms with van der Waals surface area (Å²) in [7, 11) is 0. The molecule has 3 N–H and O–H groups in total. The number of hydrogen-bond donors (Lipinski definition) is 2. The SMILES string of the molecule is Cc1ccc(-n2nc(C(C)(C)C)cc2NC(=O)c2coc(CN)c2)cc1.Cl. The predicted octanol–water partition coefficient (Wildman–Crippen LogP) is 4.20. The third-order valence-electron chi connectivity index (χ3n) is 4.12. The Labute approximate surface area is 165 Å². The number of anilines is 1. The Morgan fingerprint density at radius 3 is 2.44 bits per heavy atom. The normalized spacial score (nSPS) is 11.1. The van der Waals surface area contributed by atoms with Crippen molar-refractivity contribution >= 4 is 24.1 Å². The van der Waals surface area contributed by atoms with E-state index in [1.807, 2.05) is 37.3 Å². The van der Waals surface area contributed by atoms with Crippen LogP contribution in [0.3, 0.4) is 0 Å². The fourth-order valence-corrected chi connectivity index (χ4v) is 2.51. The van der Waals surface area contributed by atoms with Gasteiger partial charge in [-0.1, -0.05) is 38.5 Å². The molecule has 0 spiro atoms. The van der Waals surface area contributed by atoms with E-state index in [0.717, 1.165) is 16.9 Å². The molecule has 144 valence electrons. The summed E-state index contributed by atoms with van der Waals surface area (Å²) in [6.45, 7) is 8.55. The zero-order valence-corrected chi connectivity index (χ0v) is 16.8. The number of benzene rings is 1. The minimum atomic E-state index is -0.262. The van der Waals surface area contributed by atoms with E-state index in [2.05, 4.69) is 26.1 Å². The van der Waals surface area contributed by atoms with Crippen molar-refractivity contribution in [2.45, 2.75) is 39.7 Å². The van der Waals surface area contributed by atoms with Crippen LogP contribution in [0.5, 0.6) is 0 Å². The van der Waals surface area contributed by atoms with Gasteiger partial charge in [-0.05, 0) is 25.1 Å². The predicted molar refractivity (Wildman–Crippen MR) is 109 cm³/mol. The second-order valence-corrected chi connectivity index (χ2v) is 7.37. The Balaban J connectivity index is 0.00000261. The van der Waals surface area contributed by atoms with Crippen LogP contribution in [0.15, 0.2) is 47.1 Å². The average Bonchev–Trinajstić information content (AvgIpc) is 3.22. The molecule has 0 aliphatic rings. The quantitative estimate of drug-likeness (QED) is 0.701. The Morgan fingerprint density at radius 1 is 1.22 bits per heavy atom. The summed E-state index contributed by atoms with van der Waals surface area (Å²) in [4.78, 5) is 12.6. The van der Waals surface area contributed by atoms with E-state index in [-0.39, 0.29) is 30.3 Å². The van der Waals surface area contributed by atoms with Gasteiger partial charge in [-0.15, -0.1) is 12.4 Å². The van der Waals surface area contributed by atoms with Crippen molar-refractivity contribution in [3.8, 4) is 5.69 Å². The van der Waals surface area contributed by atoms with Gasteiger partial charge < -0.3 is 15.5 Å². The van der Waals surface area contributed by atoms with Gasteiger partial charge in [0.2, 0.25) is 0 Å². The van der Waals surface area contributed by atoms with Crippen LogP contribution in [0, 0.1) is 6.92 Å². The van der Waals surface area contributed by atoms with Gasteiger partial charge in [-0.2, -0.15) is 5.10 Å². The van der Waals surface area contributed by atoms with Crippen LogP contribution in [-0.2, 0) is 12.0 Å². The van der Waals surface area contributed by atoms with Gasteiger partial charge in [0.1, 0.15) is 17.8 Å². The van der Waals surface area contributed by atoms with E-state index in [9.17, 15) is 4.79 Å². The Hall–Kier alpha value is -2.57. The van der Waals surface area contributed by atoms with Crippen molar-refractivity contribution in [2.24, 2.45) is 5.73 Å². The van der Waals surface area contributed by atoms with Gasteiger partial charge in [0.05, 0.1) is 23.5 Å². The lowest BCUT2D eigenvalue weighted by molar-refractivity contribution is 0.102. The first-order valence-corrected chi connectivity index (χ1v) is 8.54. The molecule has 0 saturated heterocycles. The highest BCUT2D eigenvalue weighted by Crippen LogP contribution is 2.27. The fraction of sp³-hybridized carbons (Fsp3) is 0.300. The highest BCUT2D eigenvalue weighted by atomic mass is 35.5. The molecule has 6 nitrogen and oxygen atoms in total. The largest absolute Gasteiger partial charge is 0.467 e. The molecule has 2 heterocycles. The standard InChI is InChI=1S/C20H24N4O2.ClH/c1-13-5-7-15(8-6-13)24-18(10-17(23-24)20(2,3)4)22-19(25)14-9-16(11-21)26-12-14;/h5-10,12H,11,21H2,1-4H3,(H,22,25);1H. The number of halogens is 1. The monoisotopic (exact) mass is 388 g/mol. The lowest BCUT2D eigenvalue weighted by Gasteiger charge is -2.14. The summed E-state index contributed by atoms with van der Waals surface area (Å²) in [5.41, 5.74) is 8.77. The molecule has 3 rings (SSSR count). The molecule has 27 heavy (non-hydrogen) atoms. The molecule has 7 heteroatoms. The third kappa shape index (κ3) is 4.59. The first-order valence-electron chi connectivity index (χ1n) is 8.54. The van der Waals surface area contributed by atoms with Gasteiger partial charge in [0.25, 0.3) is 5.91 Å². The molecule has 0 aliphatic carbocycles. The van der Waals surface area contributed by atoms with Gasteiger partial charge in [-0.25, -0.2) is 4.68 Å². The second kappa shape index (κ2) is 7.98. The second-order valence-electron chi connectivity index (χ2n) is 7.37. The number of rotatable bonds is 4. The number of carbonyl (C=O) groups is 1. The lowest BCUT2D eigenvalue weighted by atomic mass is 9.92. The van der Waals surface area contributed by atoms with Gasteiger partial charge >= 0.3 is 0 Å². The molecule has 2 aromatic heterocycles. The number of aryl methyl sites for hydroxylation is 1. The van der Waals surface area contributed by atoms with Gasteiger partial charge in [0.15, 0.2) is 0 Å². The Morgan fingerprint density at radius 2 is 1.89 bits per heavy atom. The Bertz CT molecular complexity index is 920. The molecule has 0 bridgehead atoms. The third-order valence-corrected chi connectivity index (χ3v) is 4.12. The first kappa shape index (κ1) is 20.7. The van der Waals surface area contributed by atoms with Crippen LogP contribution >= 0.6 is 12.4 Å². The average molecular weight is 389 g/mol. The van der Waals surface area contributed by atoms with Crippen molar-refractivity contribution < 1.29 is 9.21 Å². The van der Waals surface area contributed by atoms with Gasteiger partial charge in [-0.3, -0.25) is 4.79 Å². The van der Waals surface area contributed by atoms with Crippen LogP contribution in [0.25, 0.3) is 5.69 Å². The molecule has 1 aromatic carbocycles. The van der Waals surface area contributed by atoms with Crippen LogP contribution in [0.2, 0.25) is 0 Å². The molecule has 0 atom stereocenters. The molecular weight excluding hydrogens is 364 g/mol. The zero-order chi connectivity index (χ0) is 18.9. The summed E-state index contributed by atoms with van der Waals surface area (Å²) in [5.74, 6) is 0.916. The minimum Gasteiger partial charge on any atom is -0.467 e. The maximum absolute atomic E-state index is 12.6. The highest BCUT2D eigenvalue weighted by molar-refractivity contribution is 6.03. The summed E-state index contributed by atoms with van der Waals surface area (Å²) in [5, 5.41) is 7.64. The van der Waals surface area contributed by atoms with Crippen molar-refractivity contribution in [2.75, 3.05) is 5.32 Å². The number of carbonyl (C=O) groups excluding carboxylic acids is 1. The van der Waals surface area contributed by atoms with Crippen LogP contribution in [-0.4, -0.2) is 15.7 Å². The summed E-state index contributed by atoms with van der Waals surface area (Å²) in [6.07, 6.45) is 1.41. The molecule has 0 saturated carbocycles. The van der Waals surface area contributed by atoms with E-state index in [0.29, 0.717) is 17.1 Å². The summed E-state index contributed by atoms with van der Waals surface area (Å²) < 4.78 is 7.00. The van der Waals surface area contributed by atoms with Crippen molar-refractivity contribution in [1.29, 1.82) is 0 Å². The topological polar surface area (TPSA) is 86.1 Å². The van der Waals surface area contributed by atoms with Crippen LogP contribution in [0.1, 0.15) is 48.1 Å². The lowest BCUT2D eigenvalue weighted by Crippen LogP contribution is -2.14. The molecular formula is C20H25ClN4O2. The Kier molecular flexibility index (Phi) is 6.13. The smallest absolute Gasteiger partial charge is 0.260 e. The number of aromatic nitrogens is 2. The number of amides is 1. The first-order chi connectivity index (χ1) is 12.3. The number of nitrogens with zero attached hydrogens (tertiary/aromatic N) is 2. The maximum Gasteiger partial charge on any atom is 0.260 e. The van der Waals surface area contributed by atoms with Crippen molar-refractivity contribution in [3.63, 3.8) is 0 Å². The van der Waals surface area contributed by atoms with Crippen molar-refractivity contribution in [3.05, 3.63) is 65.2 Å². The minimum absolute atomic E-state index is 0. The van der Waals surface area contributed by atoms with E-state index in [1.54, 1.807) is 10.7 Å². The van der Waals surface area contributed by atoms with Crippen LogP contribution in [0.4, 0.5) is 5.82 Å². The van der Waals surface area contributed by atoms with Gasteiger partial charge in [0, 0.05) is 11.5 Å².